The molecule has 0 saturated heterocycles. The van der Waals surface area contributed by atoms with Gasteiger partial charge in [0.15, 0.2) is 0 Å². The minimum atomic E-state index is 0.203. The molecule has 0 aromatic heterocycles. The minimum Gasteiger partial charge on any atom is -0.496 e. The lowest BCUT2D eigenvalue weighted by Gasteiger charge is -2.20. The number of aliphatic hydroxyl groups excluding tert-OH is 1. The molecule has 0 unspecified atom stereocenters. The molecule has 1 fully saturated rings. The zero-order valence-electron chi connectivity index (χ0n) is 12.6. The molecule has 0 bridgehead atoms. The zero-order valence-corrected chi connectivity index (χ0v) is 12.6. The molecule has 1 aliphatic carbocycles. The maximum Gasteiger partial charge on any atom is 0.123 e. The van der Waals surface area contributed by atoms with Crippen molar-refractivity contribution in [3.63, 3.8) is 0 Å². The lowest BCUT2D eigenvalue weighted by Crippen LogP contribution is -2.26. The van der Waals surface area contributed by atoms with Gasteiger partial charge >= 0.3 is 0 Å². The van der Waals surface area contributed by atoms with E-state index in [9.17, 15) is 0 Å². The van der Waals surface area contributed by atoms with Crippen LogP contribution in [-0.2, 0) is 13.1 Å². The summed E-state index contributed by atoms with van der Waals surface area (Å²) in [5.41, 5.74) is 2.45. The zero-order chi connectivity index (χ0) is 14.4. The second-order valence-corrected chi connectivity index (χ2v) is 5.39. The molecule has 0 aliphatic heterocycles. The molecule has 1 aromatic carbocycles. The third-order valence-electron chi connectivity index (χ3n) is 3.78. The Labute approximate surface area is 121 Å². The summed E-state index contributed by atoms with van der Waals surface area (Å²) in [7, 11) is 1.73. The number of benzene rings is 1. The first-order valence-electron chi connectivity index (χ1n) is 7.49. The molecule has 0 amide bonds. The van der Waals surface area contributed by atoms with Gasteiger partial charge in [0.1, 0.15) is 5.75 Å². The van der Waals surface area contributed by atoms with E-state index in [0.717, 1.165) is 25.4 Å². The molecule has 0 radical (unpaired) electrons. The molecule has 1 aliphatic rings. The number of hydrogen-bond acceptors (Lipinski definition) is 4. The van der Waals surface area contributed by atoms with Crippen LogP contribution in [0.25, 0.3) is 0 Å². The molecule has 2 rings (SSSR count). The first-order valence-corrected chi connectivity index (χ1v) is 7.49. The summed E-state index contributed by atoms with van der Waals surface area (Å²) in [6.45, 7) is 5.69. The fourth-order valence-corrected chi connectivity index (χ4v) is 2.32. The number of nitrogens with one attached hydrogen (secondary N) is 1. The fraction of sp³-hybridized carbons (Fsp3) is 0.625. The van der Waals surface area contributed by atoms with Crippen molar-refractivity contribution in [1.82, 2.24) is 10.2 Å². The molecular formula is C16H26N2O2. The van der Waals surface area contributed by atoms with E-state index >= 15 is 0 Å². The summed E-state index contributed by atoms with van der Waals surface area (Å²) < 4.78 is 5.51. The van der Waals surface area contributed by atoms with Crippen LogP contribution in [0.15, 0.2) is 18.2 Å². The van der Waals surface area contributed by atoms with Gasteiger partial charge < -0.3 is 15.2 Å². The van der Waals surface area contributed by atoms with Crippen molar-refractivity contribution >= 4 is 0 Å². The third kappa shape index (κ3) is 4.47. The normalized spacial score (nSPS) is 14.8. The van der Waals surface area contributed by atoms with Gasteiger partial charge in [-0.15, -0.1) is 0 Å². The highest BCUT2D eigenvalue weighted by Crippen LogP contribution is 2.24. The van der Waals surface area contributed by atoms with Crippen LogP contribution in [0, 0.1) is 0 Å². The van der Waals surface area contributed by atoms with Crippen LogP contribution in [0.5, 0.6) is 5.75 Å². The Hall–Kier alpha value is -1.10. The standard InChI is InChI=1S/C16H26N2O2/c1-3-18(8-9-19)12-13-4-5-14(16(10-13)20-2)11-17-15-6-7-15/h4-5,10,15,17,19H,3,6-9,11-12H2,1-2H3. The summed E-state index contributed by atoms with van der Waals surface area (Å²) in [5.74, 6) is 0.954. The predicted octanol–water partition coefficient (Wildman–Crippen LogP) is 1.76. The largest absolute Gasteiger partial charge is 0.496 e. The maximum absolute atomic E-state index is 9.04. The molecule has 0 heterocycles. The van der Waals surface area contributed by atoms with Crippen LogP contribution < -0.4 is 10.1 Å². The van der Waals surface area contributed by atoms with Gasteiger partial charge in [-0.3, -0.25) is 4.90 Å². The SMILES string of the molecule is CCN(CCO)Cc1ccc(CNC2CC2)c(OC)c1. The Kier molecular flexibility index (Phi) is 5.83. The number of ether oxygens (including phenoxy) is 1. The van der Waals surface area contributed by atoms with Crippen molar-refractivity contribution in [2.24, 2.45) is 0 Å². The topological polar surface area (TPSA) is 44.7 Å². The monoisotopic (exact) mass is 278 g/mol. The molecule has 1 saturated carbocycles. The van der Waals surface area contributed by atoms with Crippen molar-refractivity contribution in [3.05, 3.63) is 29.3 Å². The second kappa shape index (κ2) is 7.62. The Balaban J connectivity index is 1.99. The van der Waals surface area contributed by atoms with Gasteiger partial charge in [0.2, 0.25) is 0 Å². The van der Waals surface area contributed by atoms with Crippen molar-refractivity contribution < 1.29 is 9.84 Å². The predicted molar refractivity (Wildman–Crippen MR) is 80.9 cm³/mol. The molecule has 0 spiro atoms. The van der Waals surface area contributed by atoms with E-state index in [-0.39, 0.29) is 6.61 Å². The highest BCUT2D eigenvalue weighted by molar-refractivity contribution is 5.37. The van der Waals surface area contributed by atoms with Crippen molar-refractivity contribution in [2.45, 2.75) is 38.9 Å². The van der Waals surface area contributed by atoms with Gasteiger partial charge in [0.25, 0.3) is 0 Å². The number of rotatable bonds is 9. The van der Waals surface area contributed by atoms with Crippen LogP contribution in [0.2, 0.25) is 0 Å². The molecule has 4 heteroatoms. The molecule has 20 heavy (non-hydrogen) atoms. The summed E-state index contributed by atoms with van der Waals surface area (Å²) in [4.78, 5) is 2.22. The van der Waals surface area contributed by atoms with Gasteiger partial charge in [-0.2, -0.15) is 0 Å². The van der Waals surface area contributed by atoms with Crippen LogP contribution in [0.4, 0.5) is 0 Å². The number of aliphatic hydroxyl groups is 1. The van der Waals surface area contributed by atoms with Gasteiger partial charge in [-0.25, -0.2) is 0 Å². The van der Waals surface area contributed by atoms with E-state index in [0.29, 0.717) is 12.6 Å². The van der Waals surface area contributed by atoms with Gasteiger partial charge in [-0.1, -0.05) is 19.1 Å². The Morgan fingerprint density at radius 3 is 2.80 bits per heavy atom. The first kappa shape index (κ1) is 15.3. The molecule has 0 atom stereocenters. The average molecular weight is 278 g/mol. The van der Waals surface area contributed by atoms with E-state index in [1.54, 1.807) is 7.11 Å². The molecule has 2 N–H and O–H groups in total. The van der Waals surface area contributed by atoms with Gasteiger partial charge in [0.05, 0.1) is 13.7 Å². The Morgan fingerprint density at radius 2 is 2.20 bits per heavy atom. The van der Waals surface area contributed by atoms with E-state index in [1.807, 2.05) is 0 Å². The summed E-state index contributed by atoms with van der Waals surface area (Å²) in [5, 5.41) is 12.6. The molecule has 4 nitrogen and oxygen atoms in total. The lowest BCUT2D eigenvalue weighted by atomic mass is 10.1. The number of likely N-dealkylation sites (N-methyl/N-ethyl adjacent to an activating group) is 1. The van der Waals surface area contributed by atoms with Crippen molar-refractivity contribution in [3.8, 4) is 5.75 Å². The van der Waals surface area contributed by atoms with Crippen molar-refractivity contribution in [1.29, 1.82) is 0 Å². The summed E-state index contributed by atoms with van der Waals surface area (Å²) in [6.07, 6.45) is 2.60. The molecule has 1 aromatic rings. The van der Waals surface area contributed by atoms with Gasteiger partial charge in [0, 0.05) is 31.2 Å². The third-order valence-corrected chi connectivity index (χ3v) is 3.78. The fourth-order valence-electron chi connectivity index (χ4n) is 2.32. The van der Waals surface area contributed by atoms with E-state index in [2.05, 4.69) is 35.3 Å². The van der Waals surface area contributed by atoms with E-state index in [4.69, 9.17) is 9.84 Å². The highest BCUT2D eigenvalue weighted by Gasteiger charge is 2.20. The van der Waals surface area contributed by atoms with Crippen LogP contribution in [-0.4, -0.2) is 42.9 Å². The number of hydrogen-bond donors (Lipinski definition) is 2. The summed E-state index contributed by atoms with van der Waals surface area (Å²) in [6, 6.07) is 7.13. The Morgan fingerprint density at radius 1 is 1.40 bits per heavy atom. The molecule has 112 valence electrons. The highest BCUT2D eigenvalue weighted by atomic mass is 16.5. The maximum atomic E-state index is 9.04. The van der Waals surface area contributed by atoms with E-state index < -0.39 is 0 Å². The second-order valence-electron chi connectivity index (χ2n) is 5.39. The first-order chi connectivity index (χ1) is 9.76. The van der Waals surface area contributed by atoms with Crippen molar-refractivity contribution in [2.75, 3.05) is 26.8 Å². The van der Waals surface area contributed by atoms with Crippen LogP contribution in [0.1, 0.15) is 30.9 Å². The number of methoxy groups -OCH3 is 1. The molecular weight excluding hydrogens is 252 g/mol. The summed E-state index contributed by atoms with van der Waals surface area (Å²) >= 11 is 0. The lowest BCUT2D eigenvalue weighted by molar-refractivity contribution is 0.196. The Bertz CT molecular complexity index is 419. The van der Waals surface area contributed by atoms with E-state index in [1.165, 1.54) is 24.0 Å². The van der Waals surface area contributed by atoms with Crippen LogP contribution in [0.3, 0.4) is 0 Å². The smallest absolute Gasteiger partial charge is 0.123 e. The number of nitrogens with zero attached hydrogens (tertiary/aromatic N) is 1. The van der Waals surface area contributed by atoms with Crippen LogP contribution >= 0.6 is 0 Å². The van der Waals surface area contributed by atoms with Gasteiger partial charge in [-0.05, 0) is 31.0 Å². The average Bonchev–Trinajstić information content (AvgIpc) is 3.29. The minimum absolute atomic E-state index is 0.203. The quantitative estimate of drug-likeness (QED) is 0.722.